The lowest BCUT2D eigenvalue weighted by Gasteiger charge is -2.26. The van der Waals surface area contributed by atoms with Gasteiger partial charge in [-0.05, 0) is 68.6 Å². The lowest BCUT2D eigenvalue weighted by Crippen LogP contribution is -2.11. The van der Waals surface area contributed by atoms with Crippen LogP contribution in [0.2, 0.25) is 0 Å². The number of hydrogen-bond acceptors (Lipinski definition) is 3. The smallest absolute Gasteiger partial charge is 0.306 e. The molecule has 0 N–H and O–H groups in total. The van der Waals surface area contributed by atoms with E-state index >= 15 is 0 Å². The molecule has 0 aromatic rings. The highest BCUT2D eigenvalue weighted by Crippen LogP contribution is 2.86. The number of hydrogen-bond donors (Lipinski definition) is 0. The van der Waals surface area contributed by atoms with Crippen LogP contribution < -0.4 is 0 Å². The zero-order valence-corrected chi connectivity index (χ0v) is 14.3. The van der Waals surface area contributed by atoms with Crippen molar-refractivity contribution in [3.63, 3.8) is 0 Å². The van der Waals surface area contributed by atoms with Crippen LogP contribution in [0.1, 0.15) is 46.5 Å². The first-order valence-corrected chi connectivity index (χ1v) is 10.3. The van der Waals surface area contributed by atoms with Crippen molar-refractivity contribution in [3.05, 3.63) is 10.9 Å². The van der Waals surface area contributed by atoms with Crippen LogP contribution in [0.5, 0.6) is 0 Å². The average Bonchev–Trinajstić information content (AvgIpc) is 2.81. The van der Waals surface area contributed by atoms with E-state index in [2.05, 4.69) is 6.92 Å². The van der Waals surface area contributed by atoms with Gasteiger partial charge in [-0.1, -0.05) is 18.9 Å². The molecule has 2 unspecified atom stereocenters. The fourth-order valence-electron chi connectivity index (χ4n) is 5.95. The molecule has 6 bridgehead atoms. The fraction of sp³-hybridized carbons (Fsp3) is 0.882. The number of unbranched alkanes of at least 4 members (excludes halogenated alkanes) is 1. The Morgan fingerprint density at radius 1 is 1.05 bits per heavy atom. The average molecular weight is 310 g/mol. The first-order valence-electron chi connectivity index (χ1n) is 8.80. The molecule has 4 fully saturated rings. The molecule has 21 heavy (non-hydrogen) atoms. The van der Waals surface area contributed by atoms with Crippen molar-refractivity contribution in [1.82, 2.24) is 0 Å². The van der Waals surface area contributed by atoms with Crippen molar-refractivity contribution in [2.75, 3.05) is 13.2 Å². The van der Waals surface area contributed by atoms with Crippen LogP contribution >= 0.6 is 7.60 Å². The second-order valence-corrected chi connectivity index (χ2v) is 9.11. The van der Waals surface area contributed by atoms with E-state index in [1.54, 1.807) is 0 Å². The van der Waals surface area contributed by atoms with Crippen molar-refractivity contribution in [1.29, 1.82) is 0 Å². The Bertz CT molecular complexity index is 516. The van der Waals surface area contributed by atoms with Crippen molar-refractivity contribution in [2.45, 2.75) is 46.5 Å². The van der Waals surface area contributed by atoms with Crippen LogP contribution in [0.15, 0.2) is 10.9 Å². The number of allylic oxidation sites excluding steroid dienone is 2. The minimum absolute atomic E-state index is 0.474. The topological polar surface area (TPSA) is 35.5 Å². The number of rotatable bonds is 8. The molecule has 0 amide bonds. The van der Waals surface area contributed by atoms with Gasteiger partial charge in [0.15, 0.2) is 0 Å². The molecule has 4 saturated carbocycles. The Morgan fingerprint density at radius 2 is 1.71 bits per heavy atom. The highest BCUT2D eigenvalue weighted by atomic mass is 31.2. The summed E-state index contributed by atoms with van der Waals surface area (Å²) in [6.07, 6.45) is 4.89. The highest BCUT2D eigenvalue weighted by molar-refractivity contribution is 7.58. The molecule has 0 aromatic heterocycles. The maximum Gasteiger partial charge on any atom is 0.357 e. The van der Waals surface area contributed by atoms with Gasteiger partial charge in [-0.3, -0.25) is 4.57 Å². The largest absolute Gasteiger partial charge is 0.357 e. The Morgan fingerprint density at radius 3 is 2.29 bits per heavy atom. The van der Waals surface area contributed by atoms with Crippen LogP contribution in [0.25, 0.3) is 0 Å². The zero-order chi connectivity index (χ0) is 14.8. The van der Waals surface area contributed by atoms with Gasteiger partial charge in [0.05, 0.1) is 13.2 Å². The molecular formula is C17H27O3P. The van der Waals surface area contributed by atoms with E-state index in [0.717, 1.165) is 41.3 Å². The van der Waals surface area contributed by atoms with E-state index in [1.807, 2.05) is 13.8 Å². The molecule has 5 aliphatic rings. The molecule has 0 radical (unpaired) electrons. The predicted octanol–water partition coefficient (Wildman–Crippen LogP) is 4.84. The second kappa shape index (κ2) is 4.94. The van der Waals surface area contributed by atoms with Gasteiger partial charge in [-0.25, -0.2) is 0 Å². The van der Waals surface area contributed by atoms with Crippen LogP contribution in [-0.4, -0.2) is 13.2 Å². The molecule has 6 atom stereocenters. The van der Waals surface area contributed by atoms with Gasteiger partial charge < -0.3 is 9.05 Å². The van der Waals surface area contributed by atoms with Crippen molar-refractivity contribution < 1.29 is 13.6 Å². The Labute approximate surface area is 128 Å². The summed E-state index contributed by atoms with van der Waals surface area (Å²) >= 11 is 0. The van der Waals surface area contributed by atoms with Crippen LogP contribution in [0.4, 0.5) is 0 Å². The predicted molar refractivity (Wildman–Crippen MR) is 83.0 cm³/mol. The van der Waals surface area contributed by atoms with Gasteiger partial charge in [-0.2, -0.15) is 0 Å². The molecule has 0 saturated heterocycles. The molecule has 0 spiro atoms. The standard InChI is InChI=1S/C17H27O3P/c1-4-7-8-10-13-11-9-12-14(13)15(12)16(11)17(10)21(18,19-5-2)20-6-3/h11-16H,4-9H2,1-3H3/t11-,12+,13-,14?,15?,16+/m0/s1. The Hall–Kier alpha value is -0.110. The summed E-state index contributed by atoms with van der Waals surface area (Å²) in [6.45, 7) is 7.02. The normalized spacial score (nSPS) is 42.2. The molecule has 4 heteroatoms. The third kappa shape index (κ3) is 1.77. The van der Waals surface area contributed by atoms with Gasteiger partial charge >= 0.3 is 7.60 Å². The SMILES string of the molecule is CCCCC1=C(P(=O)(OCC)OCC)[C@H]2C3C4[C@H]3C[C@H]2[C@H]14. The molecule has 3 nitrogen and oxygen atoms in total. The van der Waals surface area contributed by atoms with Crippen LogP contribution in [-0.2, 0) is 13.6 Å². The maximum absolute atomic E-state index is 13.4. The minimum Gasteiger partial charge on any atom is -0.306 e. The summed E-state index contributed by atoms with van der Waals surface area (Å²) in [4.78, 5) is 0. The molecule has 118 valence electrons. The van der Waals surface area contributed by atoms with Gasteiger partial charge in [-0.15, -0.1) is 0 Å². The maximum atomic E-state index is 13.4. The lowest BCUT2D eigenvalue weighted by molar-refractivity contribution is 0.222. The van der Waals surface area contributed by atoms with E-state index in [0.29, 0.717) is 19.1 Å². The Kier molecular flexibility index (Phi) is 3.41. The molecule has 0 heterocycles. The van der Waals surface area contributed by atoms with Gasteiger partial charge in [0.25, 0.3) is 0 Å². The summed E-state index contributed by atoms with van der Waals surface area (Å²) < 4.78 is 24.9. The van der Waals surface area contributed by atoms with E-state index in [4.69, 9.17) is 9.05 Å². The second-order valence-electron chi connectivity index (χ2n) is 7.12. The summed E-state index contributed by atoms with van der Waals surface area (Å²) in [5.41, 5.74) is 1.50. The summed E-state index contributed by atoms with van der Waals surface area (Å²) in [5.74, 6) is 4.76. The Balaban J connectivity index is 1.72. The minimum atomic E-state index is -3.05. The van der Waals surface area contributed by atoms with Crippen molar-refractivity contribution in [2.24, 2.45) is 35.5 Å². The summed E-state index contributed by atoms with van der Waals surface area (Å²) in [6, 6.07) is 0. The molecule has 5 aliphatic carbocycles. The quantitative estimate of drug-likeness (QED) is 0.602. The van der Waals surface area contributed by atoms with Gasteiger partial charge in [0.2, 0.25) is 0 Å². The van der Waals surface area contributed by atoms with E-state index in [1.165, 1.54) is 24.8 Å². The van der Waals surface area contributed by atoms with Gasteiger partial charge in [0.1, 0.15) is 0 Å². The van der Waals surface area contributed by atoms with Gasteiger partial charge in [0, 0.05) is 5.31 Å². The van der Waals surface area contributed by atoms with E-state index in [9.17, 15) is 4.57 Å². The first-order chi connectivity index (χ1) is 10.2. The van der Waals surface area contributed by atoms with Crippen LogP contribution in [0.3, 0.4) is 0 Å². The zero-order valence-electron chi connectivity index (χ0n) is 13.4. The molecule has 5 rings (SSSR count). The lowest BCUT2D eigenvalue weighted by atomic mass is 9.91. The monoisotopic (exact) mass is 310 g/mol. The third-order valence-electron chi connectivity index (χ3n) is 6.33. The fourth-order valence-corrected chi connectivity index (χ4v) is 8.33. The summed E-state index contributed by atoms with van der Waals surface area (Å²) in [7, 11) is -3.05. The molecule has 0 aromatic carbocycles. The summed E-state index contributed by atoms with van der Waals surface area (Å²) in [5, 5.41) is 1.15. The van der Waals surface area contributed by atoms with E-state index in [-0.39, 0.29) is 0 Å². The third-order valence-corrected chi connectivity index (χ3v) is 8.70. The highest BCUT2D eigenvalue weighted by Gasteiger charge is 2.78. The first kappa shape index (κ1) is 14.5. The molecular weight excluding hydrogens is 283 g/mol. The van der Waals surface area contributed by atoms with E-state index < -0.39 is 7.60 Å². The van der Waals surface area contributed by atoms with Crippen molar-refractivity contribution in [3.8, 4) is 0 Å². The van der Waals surface area contributed by atoms with Crippen molar-refractivity contribution >= 4 is 7.60 Å². The van der Waals surface area contributed by atoms with Crippen LogP contribution in [0, 0.1) is 35.5 Å². The molecule has 0 aliphatic heterocycles.